The molecular formula is C16H22BrN3S. The van der Waals surface area contributed by atoms with Crippen LogP contribution in [0.3, 0.4) is 0 Å². The molecule has 5 heteroatoms. The number of nitrogens with one attached hydrogen (secondary N) is 1. The van der Waals surface area contributed by atoms with Crippen molar-refractivity contribution in [1.29, 1.82) is 0 Å². The molecule has 1 heterocycles. The third-order valence-corrected chi connectivity index (χ3v) is 5.49. The van der Waals surface area contributed by atoms with E-state index in [1.807, 2.05) is 18.8 Å². The highest BCUT2D eigenvalue weighted by Gasteiger charge is 2.19. The zero-order valence-corrected chi connectivity index (χ0v) is 15.4. The zero-order valence-electron chi connectivity index (χ0n) is 13.0. The highest BCUT2D eigenvalue weighted by Crippen LogP contribution is 2.30. The Morgan fingerprint density at radius 3 is 2.67 bits per heavy atom. The molecule has 0 saturated carbocycles. The highest BCUT2D eigenvalue weighted by molar-refractivity contribution is 9.10. The quantitative estimate of drug-likeness (QED) is 0.783. The van der Waals surface area contributed by atoms with Crippen LogP contribution < -0.4 is 5.32 Å². The minimum Gasteiger partial charge on any atom is -0.313 e. The molecule has 0 radical (unpaired) electrons. The molecule has 1 aromatic heterocycles. The second-order valence-corrected chi connectivity index (χ2v) is 6.61. The molecule has 2 aromatic rings. The van der Waals surface area contributed by atoms with Gasteiger partial charge in [-0.3, -0.25) is 4.68 Å². The molecule has 2 rings (SSSR count). The molecule has 0 aliphatic rings. The Bertz CT molecular complexity index is 610. The van der Waals surface area contributed by atoms with E-state index < -0.39 is 0 Å². The van der Waals surface area contributed by atoms with E-state index in [2.05, 4.69) is 63.8 Å². The van der Waals surface area contributed by atoms with Crippen LogP contribution in [0.25, 0.3) is 0 Å². The molecule has 0 aliphatic carbocycles. The van der Waals surface area contributed by atoms with Crippen molar-refractivity contribution >= 4 is 27.7 Å². The Kier molecular flexibility index (Phi) is 5.90. The lowest BCUT2D eigenvalue weighted by Crippen LogP contribution is -2.21. The second kappa shape index (κ2) is 7.47. The van der Waals surface area contributed by atoms with Crippen molar-refractivity contribution in [3.8, 4) is 0 Å². The number of benzene rings is 1. The Morgan fingerprint density at radius 1 is 1.38 bits per heavy atom. The highest BCUT2D eigenvalue weighted by atomic mass is 79.9. The van der Waals surface area contributed by atoms with E-state index in [1.165, 1.54) is 16.2 Å². The van der Waals surface area contributed by atoms with Gasteiger partial charge in [0.25, 0.3) is 0 Å². The summed E-state index contributed by atoms with van der Waals surface area (Å²) >= 11 is 5.51. The molecule has 3 nitrogen and oxygen atoms in total. The van der Waals surface area contributed by atoms with E-state index in [9.17, 15) is 0 Å². The van der Waals surface area contributed by atoms with Gasteiger partial charge in [0.05, 0.1) is 15.9 Å². The number of likely N-dealkylation sites (N-methyl/N-ethyl adjacent to an activating group) is 1. The Hall–Kier alpha value is -0.780. The number of thioether (sulfide) groups is 1. The molecule has 1 atom stereocenters. The van der Waals surface area contributed by atoms with Crippen LogP contribution in [0.1, 0.15) is 29.9 Å². The van der Waals surface area contributed by atoms with Gasteiger partial charge in [-0.05, 0) is 47.3 Å². The minimum absolute atomic E-state index is 0.282. The average Bonchev–Trinajstić information content (AvgIpc) is 2.79. The number of hydrogen-bond acceptors (Lipinski definition) is 3. The standard InChI is InChI=1S/C16H22BrN3S/c1-5-12-16(17)14(20(3)19-12)10-13(18-2)11-8-6-7-9-15(11)21-4/h6-9,13,18H,5,10H2,1-4H3. The molecule has 0 amide bonds. The van der Waals surface area contributed by atoms with Gasteiger partial charge in [0, 0.05) is 24.4 Å². The van der Waals surface area contributed by atoms with E-state index in [0.717, 1.165) is 23.0 Å². The van der Waals surface area contributed by atoms with E-state index in [4.69, 9.17) is 0 Å². The predicted molar refractivity (Wildman–Crippen MR) is 94.0 cm³/mol. The fourth-order valence-electron chi connectivity index (χ4n) is 2.56. The number of halogens is 1. The topological polar surface area (TPSA) is 29.9 Å². The van der Waals surface area contributed by atoms with Gasteiger partial charge in [-0.15, -0.1) is 11.8 Å². The van der Waals surface area contributed by atoms with Gasteiger partial charge in [0.1, 0.15) is 0 Å². The van der Waals surface area contributed by atoms with Crippen LogP contribution in [-0.2, 0) is 19.9 Å². The van der Waals surface area contributed by atoms with E-state index in [-0.39, 0.29) is 6.04 Å². The van der Waals surface area contributed by atoms with Gasteiger partial charge in [0.2, 0.25) is 0 Å². The van der Waals surface area contributed by atoms with Gasteiger partial charge in [-0.2, -0.15) is 5.10 Å². The fourth-order valence-corrected chi connectivity index (χ4v) is 4.00. The Morgan fingerprint density at radius 2 is 2.10 bits per heavy atom. The van der Waals surface area contributed by atoms with Gasteiger partial charge in [0.15, 0.2) is 0 Å². The summed E-state index contributed by atoms with van der Waals surface area (Å²) < 4.78 is 3.14. The Balaban J connectivity index is 2.34. The average molecular weight is 368 g/mol. The van der Waals surface area contributed by atoms with Crippen molar-refractivity contribution in [2.45, 2.75) is 30.7 Å². The summed E-state index contributed by atoms with van der Waals surface area (Å²) in [6.07, 6.45) is 3.99. The summed E-state index contributed by atoms with van der Waals surface area (Å²) in [4.78, 5) is 1.32. The van der Waals surface area contributed by atoms with Crippen LogP contribution in [0.15, 0.2) is 33.6 Å². The number of rotatable bonds is 6. The van der Waals surface area contributed by atoms with Crippen molar-refractivity contribution < 1.29 is 0 Å². The third kappa shape index (κ3) is 3.52. The maximum atomic E-state index is 4.59. The lowest BCUT2D eigenvalue weighted by Gasteiger charge is -2.19. The summed E-state index contributed by atoms with van der Waals surface area (Å²) in [7, 11) is 4.04. The van der Waals surface area contributed by atoms with Gasteiger partial charge in [-0.1, -0.05) is 25.1 Å². The minimum atomic E-state index is 0.282. The fraction of sp³-hybridized carbons (Fsp3) is 0.438. The van der Waals surface area contributed by atoms with Gasteiger partial charge >= 0.3 is 0 Å². The number of aryl methyl sites for hydroxylation is 2. The number of nitrogens with zero attached hydrogens (tertiary/aromatic N) is 2. The van der Waals surface area contributed by atoms with Crippen LogP contribution in [-0.4, -0.2) is 23.1 Å². The van der Waals surface area contributed by atoms with Gasteiger partial charge < -0.3 is 5.32 Å². The van der Waals surface area contributed by atoms with Crippen LogP contribution in [0.2, 0.25) is 0 Å². The predicted octanol–water partition coefficient (Wildman–Crippen LogP) is 3.97. The first-order valence-electron chi connectivity index (χ1n) is 7.12. The summed E-state index contributed by atoms with van der Waals surface area (Å²) in [6, 6.07) is 8.87. The molecule has 0 bridgehead atoms. The van der Waals surface area contributed by atoms with Crippen LogP contribution in [0.5, 0.6) is 0 Å². The summed E-state index contributed by atoms with van der Waals surface area (Å²) in [6.45, 7) is 2.13. The van der Waals surface area contributed by atoms with Crippen molar-refractivity contribution in [2.24, 2.45) is 7.05 Å². The summed E-state index contributed by atoms with van der Waals surface area (Å²) in [5.41, 5.74) is 3.71. The first-order valence-corrected chi connectivity index (χ1v) is 9.14. The van der Waals surface area contributed by atoms with Crippen molar-refractivity contribution in [1.82, 2.24) is 15.1 Å². The molecule has 0 aliphatic heterocycles. The van der Waals surface area contributed by atoms with Crippen LogP contribution >= 0.6 is 27.7 Å². The lowest BCUT2D eigenvalue weighted by atomic mass is 10.0. The Labute approximate surface area is 139 Å². The van der Waals surface area contributed by atoms with Crippen LogP contribution in [0.4, 0.5) is 0 Å². The monoisotopic (exact) mass is 367 g/mol. The third-order valence-electron chi connectivity index (χ3n) is 3.76. The van der Waals surface area contributed by atoms with Gasteiger partial charge in [-0.25, -0.2) is 0 Å². The zero-order chi connectivity index (χ0) is 15.4. The molecule has 1 unspecified atom stereocenters. The maximum Gasteiger partial charge on any atom is 0.0766 e. The molecule has 0 fully saturated rings. The van der Waals surface area contributed by atoms with E-state index >= 15 is 0 Å². The van der Waals surface area contributed by atoms with Crippen molar-refractivity contribution in [3.05, 3.63) is 45.7 Å². The molecule has 0 saturated heterocycles. The molecule has 1 N–H and O–H groups in total. The van der Waals surface area contributed by atoms with Crippen molar-refractivity contribution in [2.75, 3.05) is 13.3 Å². The van der Waals surface area contributed by atoms with E-state index in [0.29, 0.717) is 0 Å². The SMILES string of the molecule is CCc1nn(C)c(CC(NC)c2ccccc2SC)c1Br. The smallest absolute Gasteiger partial charge is 0.0766 e. The molecular weight excluding hydrogens is 346 g/mol. The number of hydrogen-bond donors (Lipinski definition) is 1. The molecule has 0 spiro atoms. The molecule has 21 heavy (non-hydrogen) atoms. The first kappa shape index (κ1) is 16.6. The molecule has 114 valence electrons. The van der Waals surface area contributed by atoms with E-state index in [1.54, 1.807) is 11.8 Å². The van der Waals surface area contributed by atoms with Crippen molar-refractivity contribution in [3.63, 3.8) is 0 Å². The summed E-state index contributed by atoms with van der Waals surface area (Å²) in [5.74, 6) is 0. The largest absolute Gasteiger partial charge is 0.313 e. The van der Waals surface area contributed by atoms with Crippen LogP contribution in [0, 0.1) is 0 Å². The number of aromatic nitrogens is 2. The molecule has 1 aromatic carbocycles. The normalized spacial score (nSPS) is 12.6. The maximum absolute atomic E-state index is 4.59. The second-order valence-electron chi connectivity index (χ2n) is 4.97. The summed E-state index contributed by atoms with van der Waals surface area (Å²) in [5, 5.41) is 8.04. The first-order chi connectivity index (χ1) is 10.1. The lowest BCUT2D eigenvalue weighted by molar-refractivity contribution is 0.553.